The fraction of sp³-hybridized carbons (Fsp3) is 0.300. The third kappa shape index (κ3) is 6.49. The first kappa shape index (κ1) is 33.8. The minimum Gasteiger partial charge on any atom is -0.509 e. The first-order chi connectivity index (χ1) is 21.2. The second-order valence-corrected chi connectivity index (χ2v) is 14.5. The molecule has 5 nitrogen and oxygen atoms in total. The summed E-state index contributed by atoms with van der Waals surface area (Å²) in [6.07, 6.45) is 4.21. The minimum absolute atomic E-state index is 0. The first-order valence-corrected chi connectivity index (χ1v) is 15.7. The van der Waals surface area contributed by atoms with Crippen LogP contribution in [0.5, 0.6) is 11.5 Å². The van der Waals surface area contributed by atoms with E-state index in [4.69, 9.17) is 4.74 Å². The Morgan fingerprint density at radius 1 is 0.652 bits per heavy atom. The number of para-hydroxylation sites is 2. The zero-order valence-electron chi connectivity index (χ0n) is 28.3. The number of nitrogens with zero attached hydrogens (tertiary/aromatic N) is 4. The van der Waals surface area contributed by atoms with Gasteiger partial charge in [0.05, 0.1) is 0 Å². The molecular formula is C40H44N4OPd-4. The summed E-state index contributed by atoms with van der Waals surface area (Å²) in [5.74, 6) is 1.27. The van der Waals surface area contributed by atoms with E-state index < -0.39 is 0 Å². The number of rotatable bonds is 5. The Bertz CT molecular complexity index is 1700. The van der Waals surface area contributed by atoms with Crippen molar-refractivity contribution >= 4 is 22.7 Å². The van der Waals surface area contributed by atoms with Crippen molar-refractivity contribution in [3.63, 3.8) is 0 Å². The molecule has 0 spiro atoms. The van der Waals surface area contributed by atoms with E-state index in [1.165, 1.54) is 22.4 Å². The molecule has 2 aliphatic heterocycles. The summed E-state index contributed by atoms with van der Waals surface area (Å²) in [6.45, 7) is 22.4. The molecule has 2 aliphatic rings. The summed E-state index contributed by atoms with van der Waals surface area (Å²) >= 11 is 0. The minimum atomic E-state index is -0.115. The van der Waals surface area contributed by atoms with Crippen molar-refractivity contribution < 1.29 is 25.2 Å². The van der Waals surface area contributed by atoms with Crippen LogP contribution in [0.3, 0.4) is 0 Å². The Labute approximate surface area is 290 Å². The molecule has 6 heteroatoms. The molecule has 0 radical (unpaired) electrons. The van der Waals surface area contributed by atoms with Crippen molar-refractivity contribution in [3.05, 3.63) is 133 Å². The van der Waals surface area contributed by atoms with Crippen LogP contribution in [0.4, 0.5) is 22.7 Å². The molecule has 0 N–H and O–H groups in total. The number of ether oxygens (including phenoxy) is 1. The van der Waals surface area contributed by atoms with Gasteiger partial charge in [0.1, 0.15) is 0 Å². The number of benzene rings is 4. The molecule has 0 aliphatic carbocycles. The summed E-state index contributed by atoms with van der Waals surface area (Å²) in [5, 5.41) is 0. The van der Waals surface area contributed by atoms with Crippen molar-refractivity contribution in [1.82, 2.24) is 4.90 Å². The molecule has 46 heavy (non-hydrogen) atoms. The maximum atomic E-state index is 6.36. The fourth-order valence-corrected chi connectivity index (χ4v) is 6.03. The van der Waals surface area contributed by atoms with E-state index in [1.54, 1.807) is 0 Å². The molecule has 0 bridgehead atoms. The maximum absolute atomic E-state index is 6.36. The van der Waals surface area contributed by atoms with Crippen molar-refractivity contribution in [2.24, 2.45) is 0 Å². The molecule has 0 atom stereocenters. The van der Waals surface area contributed by atoms with Crippen LogP contribution >= 0.6 is 0 Å². The van der Waals surface area contributed by atoms with Crippen LogP contribution in [-0.4, -0.2) is 11.9 Å². The summed E-state index contributed by atoms with van der Waals surface area (Å²) < 4.78 is 6.36. The largest absolute Gasteiger partial charge is 0.509 e. The normalized spacial score (nSPS) is 16.3. The monoisotopic (exact) mass is 702 g/mol. The van der Waals surface area contributed by atoms with E-state index >= 15 is 0 Å². The van der Waals surface area contributed by atoms with E-state index in [-0.39, 0.29) is 36.8 Å². The van der Waals surface area contributed by atoms with Gasteiger partial charge in [-0.05, 0) is 66.9 Å². The van der Waals surface area contributed by atoms with Crippen LogP contribution in [0.2, 0.25) is 0 Å². The number of fused-ring (bicyclic) bond motifs is 1. The van der Waals surface area contributed by atoms with Crippen LogP contribution in [0.25, 0.3) is 0 Å². The molecule has 2 heterocycles. The molecule has 0 fully saturated rings. The van der Waals surface area contributed by atoms with Gasteiger partial charge in [0.25, 0.3) is 0 Å². The van der Waals surface area contributed by atoms with Gasteiger partial charge in [-0.1, -0.05) is 77.9 Å². The zero-order valence-corrected chi connectivity index (χ0v) is 29.9. The summed E-state index contributed by atoms with van der Waals surface area (Å²) in [5.41, 5.74) is 7.97. The standard InChI is InChI=1S/C40H44N4O.Pd/c1-38(2,3)34-20-14-21-35(39(4,5)6)37(34)43-24-23-42(28-43)29-15-12-17-31(25-29)45-32-18-13-16-30(26-32)44-27-41(9)40(7,8)33-19-10-11-22-36(33)44;/h10-24,27-28H,1-9H3;/q-4;. The third-order valence-corrected chi connectivity index (χ3v) is 8.80. The van der Waals surface area contributed by atoms with Crippen molar-refractivity contribution in [3.8, 4) is 11.5 Å². The molecule has 0 saturated heterocycles. The van der Waals surface area contributed by atoms with Crippen LogP contribution in [0.15, 0.2) is 91.3 Å². The number of hydrogen-bond acceptors (Lipinski definition) is 5. The van der Waals surface area contributed by atoms with Crippen LogP contribution < -0.4 is 19.4 Å². The van der Waals surface area contributed by atoms with E-state index in [9.17, 15) is 0 Å². The van der Waals surface area contributed by atoms with Gasteiger partial charge in [0.15, 0.2) is 0 Å². The second kappa shape index (κ2) is 12.6. The summed E-state index contributed by atoms with van der Waals surface area (Å²) in [7, 11) is 2.11. The van der Waals surface area contributed by atoms with Gasteiger partial charge in [-0.2, -0.15) is 18.8 Å². The van der Waals surface area contributed by atoms with Gasteiger partial charge in [-0.15, -0.1) is 54.4 Å². The Morgan fingerprint density at radius 3 is 1.83 bits per heavy atom. The van der Waals surface area contributed by atoms with E-state index in [2.05, 4.69) is 175 Å². The van der Waals surface area contributed by atoms with Crippen LogP contribution in [-0.2, 0) is 36.8 Å². The fourth-order valence-electron chi connectivity index (χ4n) is 6.03. The molecule has 0 aromatic heterocycles. The number of hydrogen-bond donors (Lipinski definition) is 0. The van der Waals surface area contributed by atoms with E-state index in [1.807, 2.05) is 24.3 Å². The van der Waals surface area contributed by atoms with Gasteiger partial charge < -0.3 is 24.3 Å². The van der Waals surface area contributed by atoms with Crippen molar-refractivity contribution in [2.75, 3.05) is 21.7 Å². The summed E-state index contributed by atoms with van der Waals surface area (Å²) in [4.78, 5) is 8.75. The SMILES string of the molecule is CN1[CH-]N(c2[c-]c(Oc3[c-]c(N4C=CN(c5c(C(C)(C)C)cccc5C(C)(C)C)[CH-]4)ccc3)ccc2)c2ccccc2C1(C)C.[Pd]. The first-order valence-electron chi connectivity index (χ1n) is 15.7. The Balaban J connectivity index is 0.00000417. The second-order valence-electron chi connectivity index (χ2n) is 14.5. The van der Waals surface area contributed by atoms with Crippen molar-refractivity contribution in [2.45, 2.75) is 71.8 Å². The van der Waals surface area contributed by atoms with E-state index in [0.29, 0.717) is 11.5 Å². The van der Waals surface area contributed by atoms with Gasteiger partial charge in [0.2, 0.25) is 0 Å². The molecular weight excluding hydrogens is 659 g/mol. The number of anilines is 4. The predicted molar refractivity (Wildman–Crippen MR) is 187 cm³/mol. The average molecular weight is 703 g/mol. The third-order valence-electron chi connectivity index (χ3n) is 8.80. The van der Waals surface area contributed by atoms with Gasteiger partial charge in [0, 0.05) is 48.8 Å². The Kier molecular flexibility index (Phi) is 9.23. The van der Waals surface area contributed by atoms with Crippen molar-refractivity contribution in [1.29, 1.82) is 0 Å². The van der Waals surface area contributed by atoms with Gasteiger partial charge in [-0.25, -0.2) is 0 Å². The van der Waals surface area contributed by atoms with Gasteiger partial charge >= 0.3 is 0 Å². The van der Waals surface area contributed by atoms with Crippen LogP contribution in [0.1, 0.15) is 72.1 Å². The molecule has 4 aromatic rings. The van der Waals surface area contributed by atoms with Gasteiger partial charge in [-0.3, -0.25) is 0 Å². The molecule has 0 amide bonds. The smallest absolute Gasteiger partial charge is 0.0200 e. The predicted octanol–water partition coefficient (Wildman–Crippen LogP) is 10.0. The molecule has 4 aromatic carbocycles. The zero-order chi connectivity index (χ0) is 32.1. The molecule has 0 saturated carbocycles. The molecule has 0 unspecified atom stereocenters. The maximum Gasteiger partial charge on any atom is 0.0200 e. The Morgan fingerprint density at radius 2 is 1.20 bits per heavy atom. The Hall–Kier alpha value is -3.56. The molecule has 6 rings (SSSR count). The average Bonchev–Trinajstić information content (AvgIpc) is 3.49. The topological polar surface area (TPSA) is 22.2 Å². The summed E-state index contributed by atoms with van der Waals surface area (Å²) in [6, 6.07) is 34.2. The van der Waals surface area contributed by atoms with E-state index in [0.717, 1.165) is 17.1 Å². The van der Waals surface area contributed by atoms with Crippen LogP contribution in [0, 0.1) is 25.5 Å². The quantitative estimate of drug-likeness (QED) is 0.152. The molecule has 244 valence electrons.